The van der Waals surface area contributed by atoms with Crippen LogP contribution in [0.5, 0.6) is 0 Å². The summed E-state index contributed by atoms with van der Waals surface area (Å²) in [5.41, 5.74) is 1.67. The van der Waals surface area contributed by atoms with Crippen molar-refractivity contribution in [1.82, 2.24) is 10.2 Å². The van der Waals surface area contributed by atoms with Crippen molar-refractivity contribution < 1.29 is 9.59 Å². The van der Waals surface area contributed by atoms with Gasteiger partial charge in [-0.25, -0.2) is 4.79 Å². The largest absolute Gasteiger partial charge is 0.334 e. The third-order valence-corrected chi connectivity index (χ3v) is 4.72. The van der Waals surface area contributed by atoms with Gasteiger partial charge >= 0.3 is 6.03 Å². The van der Waals surface area contributed by atoms with Crippen molar-refractivity contribution in [3.8, 4) is 0 Å². The van der Waals surface area contributed by atoms with E-state index in [0.717, 1.165) is 22.5 Å². The highest BCUT2D eigenvalue weighted by Gasteiger charge is 2.10. The number of rotatable bonds is 7. The van der Waals surface area contributed by atoms with Crippen molar-refractivity contribution >= 4 is 40.6 Å². The number of hydrogen-bond acceptors (Lipinski definition) is 3. The SMILES string of the molecule is CCCC(=O)Nc1cccc(CNC(=O)N(C)Cc2ccc(Cl)s2)c1. The van der Waals surface area contributed by atoms with E-state index in [1.807, 2.05) is 43.3 Å². The first-order valence-corrected chi connectivity index (χ1v) is 9.29. The Morgan fingerprint density at radius 1 is 1.24 bits per heavy atom. The van der Waals surface area contributed by atoms with Crippen molar-refractivity contribution in [2.75, 3.05) is 12.4 Å². The smallest absolute Gasteiger partial charge is 0.317 e. The molecule has 0 atom stereocenters. The van der Waals surface area contributed by atoms with E-state index in [0.29, 0.717) is 23.8 Å². The van der Waals surface area contributed by atoms with Gasteiger partial charge in [0.1, 0.15) is 0 Å². The van der Waals surface area contributed by atoms with Crippen LogP contribution in [0.4, 0.5) is 10.5 Å². The Morgan fingerprint density at radius 3 is 2.72 bits per heavy atom. The summed E-state index contributed by atoms with van der Waals surface area (Å²) >= 11 is 7.37. The lowest BCUT2D eigenvalue weighted by Crippen LogP contribution is -2.36. The molecule has 1 aromatic carbocycles. The van der Waals surface area contributed by atoms with E-state index in [1.165, 1.54) is 11.3 Å². The van der Waals surface area contributed by atoms with Crippen molar-refractivity contribution in [1.29, 1.82) is 0 Å². The van der Waals surface area contributed by atoms with Gasteiger partial charge in [-0.2, -0.15) is 0 Å². The molecular formula is C18H22ClN3O2S. The minimum Gasteiger partial charge on any atom is -0.334 e. The molecule has 3 amide bonds. The van der Waals surface area contributed by atoms with E-state index in [2.05, 4.69) is 10.6 Å². The predicted octanol–water partition coefficient (Wildman–Crippen LogP) is 4.48. The molecule has 0 aliphatic carbocycles. The maximum atomic E-state index is 12.2. The summed E-state index contributed by atoms with van der Waals surface area (Å²) in [6.45, 7) is 2.87. The van der Waals surface area contributed by atoms with Crippen LogP contribution in [-0.4, -0.2) is 23.9 Å². The van der Waals surface area contributed by atoms with E-state index >= 15 is 0 Å². The second kappa shape index (κ2) is 9.44. The summed E-state index contributed by atoms with van der Waals surface area (Å²) in [5, 5.41) is 5.73. The average Bonchev–Trinajstić information content (AvgIpc) is 2.98. The summed E-state index contributed by atoms with van der Waals surface area (Å²) in [7, 11) is 1.74. The molecule has 2 rings (SSSR count). The number of carbonyl (C=O) groups excluding carboxylic acids is 2. The molecule has 0 saturated carbocycles. The van der Waals surface area contributed by atoms with Crippen LogP contribution in [0.1, 0.15) is 30.2 Å². The molecule has 5 nitrogen and oxygen atoms in total. The fraction of sp³-hybridized carbons (Fsp3) is 0.333. The van der Waals surface area contributed by atoms with Crippen LogP contribution in [0.25, 0.3) is 0 Å². The lowest BCUT2D eigenvalue weighted by Gasteiger charge is -2.17. The number of nitrogens with one attached hydrogen (secondary N) is 2. The summed E-state index contributed by atoms with van der Waals surface area (Å²) in [6.07, 6.45) is 1.31. The highest BCUT2D eigenvalue weighted by molar-refractivity contribution is 7.16. The number of nitrogens with zero attached hydrogens (tertiary/aromatic N) is 1. The molecular weight excluding hydrogens is 358 g/mol. The highest BCUT2D eigenvalue weighted by atomic mass is 35.5. The highest BCUT2D eigenvalue weighted by Crippen LogP contribution is 2.22. The van der Waals surface area contributed by atoms with E-state index in [9.17, 15) is 9.59 Å². The number of anilines is 1. The maximum absolute atomic E-state index is 12.2. The summed E-state index contributed by atoms with van der Waals surface area (Å²) in [6, 6.07) is 11.1. The minimum absolute atomic E-state index is 0.00183. The predicted molar refractivity (Wildman–Crippen MR) is 103 cm³/mol. The van der Waals surface area contributed by atoms with Crippen LogP contribution in [0.3, 0.4) is 0 Å². The molecule has 2 aromatic rings. The fourth-order valence-corrected chi connectivity index (χ4v) is 3.41. The van der Waals surface area contributed by atoms with Crippen molar-refractivity contribution in [2.45, 2.75) is 32.9 Å². The van der Waals surface area contributed by atoms with Gasteiger partial charge in [0.25, 0.3) is 0 Å². The molecule has 7 heteroatoms. The van der Waals surface area contributed by atoms with Crippen molar-refractivity contribution in [2.24, 2.45) is 0 Å². The molecule has 0 aliphatic heterocycles. The zero-order valence-electron chi connectivity index (χ0n) is 14.3. The molecule has 0 spiro atoms. The number of benzene rings is 1. The monoisotopic (exact) mass is 379 g/mol. The Hall–Kier alpha value is -2.05. The van der Waals surface area contributed by atoms with Gasteiger partial charge in [0.2, 0.25) is 5.91 Å². The topological polar surface area (TPSA) is 61.4 Å². The van der Waals surface area contributed by atoms with Crippen LogP contribution in [0, 0.1) is 0 Å². The summed E-state index contributed by atoms with van der Waals surface area (Å²) in [4.78, 5) is 26.5. The van der Waals surface area contributed by atoms with Crippen LogP contribution < -0.4 is 10.6 Å². The van der Waals surface area contributed by atoms with Gasteiger partial charge in [-0.15, -0.1) is 11.3 Å². The molecule has 25 heavy (non-hydrogen) atoms. The molecule has 0 radical (unpaired) electrons. The first kappa shape index (κ1) is 19.3. The van der Waals surface area contributed by atoms with Crippen LogP contribution in [0.2, 0.25) is 4.34 Å². The average molecular weight is 380 g/mol. The molecule has 2 N–H and O–H groups in total. The Morgan fingerprint density at radius 2 is 2.04 bits per heavy atom. The quantitative estimate of drug-likeness (QED) is 0.744. The summed E-state index contributed by atoms with van der Waals surface area (Å²) in [5.74, 6) is -0.00183. The number of carbonyl (C=O) groups is 2. The van der Waals surface area contributed by atoms with Gasteiger partial charge in [-0.05, 0) is 36.2 Å². The maximum Gasteiger partial charge on any atom is 0.317 e. The van der Waals surface area contributed by atoms with Gasteiger partial charge in [0.05, 0.1) is 10.9 Å². The van der Waals surface area contributed by atoms with Crippen molar-refractivity contribution in [3.63, 3.8) is 0 Å². The zero-order chi connectivity index (χ0) is 18.2. The zero-order valence-corrected chi connectivity index (χ0v) is 15.9. The lowest BCUT2D eigenvalue weighted by molar-refractivity contribution is -0.116. The fourth-order valence-electron chi connectivity index (χ4n) is 2.26. The molecule has 134 valence electrons. The normalized spacial score (nSPS) is 10.4. The standard InChI is InChI=1S/C18H22ClN3O2S/c1-3-5-17(23)21-14-7-4-6-13(10-14)11-20-18(24)22(2)12-15-8-9-16(19)25-15/h4,6-10H,3,5,11-12H2,1-2H3,(H,20,24)(H,21,23). The summed E-state index contributed by atoms with van der Waals surface area (Å²) < 4.78 is 0.714. The second-order valence-electron chi connectivity index (χ2n) is 5.72. The number of thiophene rings is 1. The third kappa shape index (κ3) is 6.40. The first-order valence-electron chi connectivity index (χ1n) is 8.10. The van der Waals surface area contributed by atoms with E-state index in [-0.39, 0.29) is 11.9 Å². The minimum atomic E-state index is -0.162. The van der Waals surface area contributed by atoms with Gasteiger partial charge in [-0.1, -0.05) is 30.7 Å². The molecule has 1 aromatic heterocycles. The van der Waals surface area contributed by atoms with Gasteiger partial charge in [0, 0.05) is 30.6 Å². The number of halogens is 1. The molecule has 0 unspecified atom stereocenters. The molecule has 0 aliphatic rings. The van der Waals surface area contributed by atoms with Gasteiger partial charge in [-0.3, -0.25) is 4.79 Å². The first-order chi connectivity index (χ1) is 12.0. The Balaban J connectivity index is 1.85. The van der Waals surface area contributed by atoms with E-state index in [4.69, 9.17) is 11.6 Å². The van der Waals surface area contributed by atoms with Crippen molar-refractivity contribution in [3.05, 3.63) is 51.2 Å². The van der Waals surface area contributed by atoms with Crippen LogP contribution >= 0.6 is 22.9 Å². The van der Waals surface area contributed by atoms with Crippen LogP contribution in [-0.2, 0) is 17.9 Å². The Kier molecular flexibility index (Phi) is 7.28. The van der Waals surface area contributed by atoms with Crippen LogP contribution in [0.15, 0.2) is 36.4 Å². The molecule has 0 fully saturated rings. The van der Waals surface area contributed by atoms with E-state index in [1.54, 1.807) is 11.9 Å². The Labute approximate surface area is 157 Å². The van der Waals surface area contributed by atoms with E-state index < -0.39 is 0 Å². The lowest BCUT2D eigenvalue weighted by atomic mass is 10.2. The van der Waals surface area contributed by atoms with Gasteiger partial charge in [0.15, 0.2) is 0 Å². The molecule has 0 saturated heterocycles. The second-order valence-corrected chi connectivity index (χ2v) is 7.52. The Bertz CT molecular complexity index is 733. The third-order valence-electron chi connectivity index (χ3n) is 3.50. The molecule has 1 heterocycles. The number of urea groups is 1. The number of amides is 3. The van der Waals surface area contributed by atoms with Gasteiger partial charge < -0.3 is 15.5 Å². The molecule has 0 bridgehead atoms. The number of hydrogen-bond donors (Lipinski definition) is 2.